The minimum Gasteiger partial charge on any atom is -0.479 e. The van der Waals surface area contributed by atoms with E-state index in [1.165, 1.54) is 0 Å². The predicted molar refractivity (Wildman–Crippen MR) is 30.9 cm³/mol. The van der Waals surface area contributed by atoms with Crippen molar-refractivity contribution in [1.29, 1.82) is 0 Å². The Morgan fingerprint density at radius 3 is 1.17 bits per heavy atom. The Morgan fingerprint density at radius 1 is 0.917 bits per heavy atom. The SMILES string of the molecule is O.O=C(O)C(O)C(O)C(=O)O.[Cu]. The minimum absolute atomic E-state index is 0. The second-order valence-electron chi connectivity index (χ2n) is 1.57. The van der Waals surface area contributed by atoms with Gasteiger partial charge in [-0.1, -0.05) is 0 Å². The fraction of sp³-hybridized carbons (Fsp3) is 0.500. The number of hydrogen-bond acceptors (Lipinski definition) is 4. The molecule has 0 aromatic carbocycles. The van der Waals surface area contributed by atoms with Gasteiger partial charge in [-0.05, 0) is 0 Å². The standard InChI is InChI=1S/C4H6O6.Cu.H2O/c5-1(3(7)8)2(6)4(9)10;;/h1-2,5-6H,(H,7,8)(H,9,10);;1H2. The third-order valence-electron chi connectivity index (χ3n) is 0.805. The van der Waals surface area contributed by atoms with Gasteiger partial charge in [-0.25, -0.2) is 9.59 Å². The average molecular weight is 232 g/mol. The van der Waals surface area contributed by atoms with Gasteiger partial charge in [-0.3, -0.25) is 0 Å². The molecule has 0 saturated carbocycles. The normalized spacial score (nSPS) is 13.2. The molecule has 2 atom stereocenters. The predicted octanol–water partition coefficient (Wildman–Crippen LogP) is -2.95. The fourth-order valence-corrected chi connectivity index (χ4v) is 0.270. The molecule has 12 heavy (non-hydrogen) atoms. The van der Waals surface area contributed by atoms with Crippen molar-refractivity contribution in [2.24, 2.45) is 0 Å². The molecule has 0 aromatic rings. The van der Waals surface area contributed by atoms with E-state index < -0.39 is 24.1 Å². The zero-order valence-corrected chi connectivity index (χ0v) is 6.50. The first kappa shape index (κ1) is 17.4. The molecule has 0 heterocycles. The van der Waals surface area contributed by atoms with Crippen LogP contribution in [0.1, 0.15) is 0 Å². The summed E-state index contributed by atoms with van der Waals surface area (Å²) >= 11 is 0. The van der Waals surface area contributed by atoms with Gasteiger partial charge in [-0.15, -0.1) is 0 Å². The van der Waals surface area contributed by atoms with Gasteiger partial charge in [0.15, 0.2) is 12.2 Å². The summed E-state index contributed by atoms with van der Waals surface area (Å²) in [5.74, 6) is -3.54. The van der Waals surface area contributed by atoms with E-state index in [1.807, 2.05) is 0 Å². The molecule has 0 saturated heterocycles. The van der Waals surface area contributed by atoms with Crippen molar-refractivity contribution >= 4 is 11.9 Å². The number of rotatable bonds is 3. The van der Waals surface area contributed by atoms with Crippen LogP contribution in [0.25, 0.3) is 0 Å². The Bertz CT molecular complexity index is 139. The first-order valence-electron chi connectivity index (χ1n) is 2.28. The van der Waals surface area contributed by atoms with E-state index in [1.54, 1.807) is 0 Å². The Kier molecular flexibility index (Phi) is 10.2. The smallest absolute Gasteiger partial charge is 0.335 e. The van der Waals surface area contributed by atoms with Crippen molar-refractivity contribution in [3.8, 4) is 0 Å². The van der Waals surface area contributed by atoms with Crippen LogP contribution in [0.4, 0.5) is 0 Å². The first-order valence-corrected chi connectivity index (χ1v) is 2.28. The summed E-state index contributed by atoms with van der Waals surface area (Å²) < 4.78 is 0. The number of aliphatic hydroxyl groups excluding tert-OH is 2. The van der Waals surface area contributed by atoms with E-state index in [4.69, 9.17) is 20.4 Å². The number of aliphatic carboxylic acids is 2. The van der Waals surface area contributed by atoms with Gasteiger partial charge in [0.05, 0.1) is 0 Å². The summed E-state index contributed by atoms with van der Waals surface area (Å²) in [6, 6.07) is 0. The largest absolute Gasteiger partial charge is 0.479 e. The molecule has 0 aromatic heterocycles. The van der Waals surface area contributed by atoms with E-state index in [2.05, 4.69) is 0 Å². The van der Waals surface area contributed by atoms with Crippen LogP contribution in [0.2, 0.25) is 0 Å². The molecular formula is C4H8CuO7. The molecule has 1 radical (unpaired) electrons. The zero-order valence-electron chi connectivity index (χ0n) is 5.56. The van der Waals surface area contributed by atoms with Crippen molar-refractivity contribution in [2.75, 3.05) is 0 Å². The van der Waals surface area contributed by atoms with Crippen LogP contribution in [-0.2, 0) is 26.7 Å². The molecule has 0 fully saturated rings. The van der Waals surface area contributed by atoms with E-state index >= 15 is 0 Å². The molecule has 0 spiro atoms. The van der Waals surface area contributed by atoms with Gasteiger partial charge in [0.1, 0.15) is 0 Å². The number of carbonyl (C=O) groups is 2. The first-order chi connectivity index (χ1) is 4.46. The van der Waals surface area contributed by atoms with E-state index in [-0.39, 0.29) is 22.5 Å². The Labute approximate surface area is 77.4 Å². The zero-order chi connectivity index (χ0) is 8.31. The molecule has 8 heteroatoms. The van der Waals surface area contributed by atoms with Crippen molar-refractivity contribution in [2.45, 2.75) is 12.2 Å². The molecule has 0 bridgehead atoms. The molecule has 7 nitrogen and oxygen atoms in total. The van der Waals surface area contributed by atoms with Crippen LogP contribution in [0.3, 0.4) is 0 Å². The van der Waals surface area contributed by atoms with Gasteiger partial charge in [0.2, 0.25) is 0 Å². The molecule has 0 rings (SSSR count). The molecule has 6 N–H and O–H groups in total. The average Bonchev–Trinajstić information content (AvgIpc) is 1.84. The van der Waals surface area contributed by atoms with Gasteiger partial charge in [0, 0.05) is 17.1 Å². The second kappa shape index (κ2) is 7.01. The van der Waals surface area contributed by atoms with Crippen molar-refractivity contribution in [1.82, 2.24) is 0 Å². The van der Waals surface area contributed by atoms with Gasteiger partial charge in [-0.2, -0.15) is 0 Å². The summed E-state index contributed by atoms with van der Waals surface area (Å²) in [5.41, 5.74) is 0. The van der Waals surface area contributed by atoms with Crippen LogP contribution in [0.5, 0.6) is 0 Å². The van der Waals surface area contributed by atoms with Gasteiger partial charge in [0.25, 0.3) is 0 Å². The van der Waals surface area contributed by atoms with E-state index in [0.717, 1.165) is 0 Å². The Hall–Kier alpha value is -0.661. The van der Waals surface area contributed by atoms with Gasteiger partial charge >= 0.3 is 11.9 Å². The maximum atomic E-state index is 9.77. The summed E-state index contributed by atoms with van der Waals surface area (Å²) in [6.45, 7) is 0. The number of hydrogen-bond donors (Lipinski definition) is 4. The van der Waals surface area contributed by atoms with Crippen molar-refractivity contribution < 1.29 is 52.6 Å². The van der Waals surface area contributed by atoms with Crippen LogP contribution in [-0.4, -0.2) is 50.0 Å². The summed E-state index contributed by atoms with van der Waals surface area (Å²) in [6.07, 6.45) is -4.53. The molecule has 2 unspecified atom stereocenters. The van der Waals surface area contributed by atoms with Crippen molar-refractivity contribution in [3.63, 3.8) is 0 Å². The molecule has 77 valence electrons. The fourth-order valence-electron chi connectivity index (χ4n) is 0.270. The maximum Gasteiger partial charge on any atom is 0.335 e. The van der Waals surface area contributed by atoms with Crippen LogP contribution >= 0.6 is 0 Å². The summed E-state index contributed by atoms with van der Waals surface area (Å²) in [7, 11) is 0. The summed E-state index contributed by atoms with van der Waals surface area (Å²) in [5, 5.41) is 32.5. The molecule has 0 aliphatic carbocycles. The molecule has 0 aliphatic rings. The van der Waals surface area contributed by atoms with Crippen LogP contribution in [0, 0.1) is 0 Å². The van der Waals surface area contributed by atoms with Crippen LogP contribution < -0.4 is 0 Å². The third kappa shape index (κ3) is 5.05. The number of carboxylic acid groups (broad SMARTS) is 2. The number of carboxylic acids is 2. The van der Waals surface area contributed by atoms with E-state index in [9.17, 15) is 9.59 Å². The monoisotopic (exact) mass is 231 g/mol. The molecular weight excluding hydrogens is 224 g/mol. The van der Waals surface area contributed by atoms with Gasteiger partial charge < -0.3 is 25.9 Å². The second-order valence-corrected chi connectivity index (χ2v) is 1.57. The topological polar surface area (TPSA) is 147 Å². The Balaban J connectivity index is -0.000000405. The number of aliphatic hydroxyl groups is 2. The minimum atomic E-state index is -2.27. The molecule has 0 amide bonds. The van der Waals surface area contributed by atoms with Crippen LogP contribution in [0.15, 0.2) is 0 Å². The van der Waals surface area contributed by atoms with Crippen molar-refractivity contribution in [3.05, 3.63) is 0 Å². The quantitative estimate of drug-likeness (QED) is 0.382. The van der Waals surface area contributed by atoms with E-state index in [0.29, 0.717) is 0 Å². The third-order valence-corrected chi connectivity index (χ3v) is 0.805. The summed E-state index contributed by atoms with van der Waals surface area (Å²) in [4.78, 5) is 19.5. The maximum absolute atomic E-state index is 9.77. The molecule has 0 aliphatic heterocycles. The Morgan fingerprint density at radius 2 is 1.08 bits per heavy atom.